The molecule has 0 unspecified atom stereocenters. The van der Waals surface area contributed by atoms with Crippen LogP contribution < -0.4 is 0 Å². The van der Waals surface area contributed by atoms with Gasteiger partial charge in [0, 0.05) is 10.7 Å². The fourth-order valence-electron chi connectivity index (χ4n) is 1.96. The van der Waals surface area contributed by atoms with E-state index in [9.17, 15) is 0 Å². The summed E-state index contributed by atoms with van der Waals surface area (Å²) in [4.78, 5) is 0. The standard InChI is InChI=1S/C15H15Br2.Rf/c16-10-14-5-1-3-12(8-14)7-13-4-2-6-15(9-13)11-17;/h1,3-5,7-9H,2,6,10-11H2;/q-1;. The van der Waals surface area contributed by atoms with E-state index in [1.54, 1.807) is 0 Å². The molecule has 0 aromatic heterocycles. The molecule has 0 amide bonds. The maximum Gasteiger partial charge on any atom is 0.0213 e. The van der Waals surface area contributed by atoms with Crippen LogP contribution >= 0.6 is 31.9 Å². The van der Waals surface area contributed by atoms with Gasteiger partial charge < -0.3 is 0 Å². The molecule has 0 fully saturated rings. The summed E-state index contributed by atoms with van der Waals surface area (Å²) in [6.07, 6.45) is 9.20. The first-order valence-corrected chi connectivity index (χ1v) is 8.01. The minimum atomic E-state index is 0. The summed E-state index contributed by atoms with van der Waals surface area (Å²) < 4.78 is 0. The summed E-state index contributed by atoms with van der Waals surface area (Å²) in [5, 5.41) is 1.90. The Morgan fingerprint density at radius 2 is 2.00 bits per heavy atom. The third-order valence-corrected chi connectivity index (χ3v) is 4.19. The van der Waals surface area contributed by atoms with Gasteiger partial charge in [-0.05, 0) is 6.42 Å². The Bertz CT molecular complexity index is 450. The molecule has 0 saturated carbocycles. The van der Waals surface area contributed by atoms with Gasteiger partial charge in [0.05, 0.1) is 0 Å². The molecule has 0 atom stereocenters. The van der Waals surface area contributed by atoms with E-state index in [4.69, 9.17) is 0 Å². The van der Waals surface area contributed by atoms with E-state index in [2.05, 4.69) is 74.7 Å². The van der Waals surface area contributed by atoms with Crippen molar-refractivity contribution < 1.29 is 0 Å². The van der Waals surface area contributed by atoms with E-state index in [0.717, 1.165) is 17.1 Å². The summed E-state index contributed by atoms with van der Waals surface area (Å²) >= 11 is 7.02. The van der Waals surface area contributed by atoms with Crippen LogP contribution in [-0.2, 0) is 5.33 Å². The van der Waals surface area contributed by atoms with Crippen molar-refractivity contribution in [3.8, 4) is 0 Å². The Kier molecular flexibility index (Phi) is 5.73. The molecule has 0 radical (unpaired) electrons. The summed E-state index contributed by atoms with van der Waals surface area (Å²) in [5.41, 5.74) is 5.41. The van der Waals surface area contributed by atoms with Crippen LogP contribution in [0.3, 0.4) is 0 Å². The van der Waals surface area contributed by atoms with Crippen molar-refractivity contribution in [1.82, 2.24) is 0 Å². The maximum atomic E-state index is 3.53. The minimum Gasteiger partial charge on any atom is -0.140 e. The topological polar surface area (TPSA) is 0 Å². The molecule has 0 aliphatic heterocycles. The molecule has 1 aromatic carbocycles. The minimum absolute atomic E-state index is 0. The van der Waals surface area contributed by atoms with Crippen LogP contribution in [0.1, 0.15) is 24.0 Å². The van der Waals surface area contributed by atoms with Crippen LogP contribution in [0.5, 0.6) is 0 Å². The second-order valence-corrected chi connectivity index (χ2v) is 5.32. The van der Waals surface area contributed by atoms with Crippen molar-refractivity contribution in [3.63, 3.8) is 0 Å². The number of alkyl halides is 2. The third-order valence-electron chi connectivity index (χ3n) is 2.83. The molecule has 0 spiro atoms. The molecule has 3 heteroatoms. The second-order valence-electron chi connectivity index (χ2n) is 4.20. The van der Waals surface area contributed by atoms with Gasteiger partial charge in [0.2, 0.25) is 0 Å². The van der Waals surface area contributed by atoms with E-state index in [-0.39, 0.29) is 0 Å². The summed E-state index contributed by atoms with van der Waals surface area (Å²) in [5.74, 6) is 0. The first-order valence-electron chi connectivity index (χ1n) is 5.77. The molecule has 18 heavy (non-hydrogen) atoms. The Hall–Kier alpha value is -1.47. The summed E-state index contributed by atoms with van der Waals surface area (Å²) in [6, 6.07) is 8.64. The van der Waals surface area contributed by atoms with Gasteiger partial charge in [0.1, 0.15) is 0 Å². The number of allylic oxidation sites excluding steroid dienone is 4. The molecular weight excluding hydrogens is 607 g/mol. The predicted octanol–water partition coefficient (Wildman–Crippen LogP) is 5.18. The molecule has 0 heterocycles. The van der Waals surface area contributed by atoms with E-state index in [1.807, 2.05) is 0 Å². The van der Waals surface area contributed by atoms with Crippen LogP contribution in [-0.4, -0.2) is 5.33 Å². The average molecular weight is 622 g/mol. The zero-order chi connectivity index (χ0) is 12.1. The van der Waals surface area contributed by atoms with Gasteiger partial charge in [0.15, 0.2) is 0 Å². The van der Waals surface area contributed by atoms with Crippen molar-refractivity contribution in [2.24, 2.45) is 0 Å². The quantitative estimate of drug-likeness (QED) is 0.321. The van der Waals surface area contributed by atoms with Crippen molar-refractivity contribution in [1.29, 1.82) is 0 Å². The van der Waals surface area contributed by atoms with Gasteiger partial charge in [-0.15, -0.1) is 41.8 Å². The zero-order valence-electron chi connectivity index (χ0n) is 10.3. The molecule has 1 aliphatic carbocycles. The Morgan fingerprint density at radius 1 is 1.17 bits per heavy atom. The van der Waals surface area contributed by atoms with E-state index in [0.29, 0.717) is 0 Å². The molecule has 92 valence electrons. The van der Waals surface area contributed by atoms with Crippen LogP contribution in [0.15, 0.2) is 47.6 Å². The molecule has 2 rings (SSSR count). The molecule has 1 aromatic rings. The average Bonchev–Trinajstić information content (AvgIpc) is 2.39. The Labute approximate surface area is 120 Å². The van der Waals surface area contributed by atoms with Crippen LogP contribution in [0.25, 0.3) is 0 Å². The summed E-state index contributed by atoms with van der Waals surface area (Å²) in [7, 11) is 0. The monoisotopic (exact) mass is 620 g/mol. The summed E-state index contributed by atoms with van der Waals surface area (Å²) in [6.45, 7) is 0. The Balaban J connectivity index is 0.00000162. The number of hydrogen-bond donors (Lipinski definition) is 0. The van der Waals surface area contributed by atoms with Gasteiger partial charge >= 0.3 is 0 Å². The second kappa shape index (κ2) is 7.07. The van der Waals surface area contributed by atoms with Crippen molar-refractivity contribution >= 4 is 31.9 Å². The first-order chi connectivity index (χ1) is 8.31. The van der Waals surface area contributed by atoms with Crippen molar-refractivity contribution in [2.75, 3.05) is 5.33 Å². The zero-order valence-corrected chi connectivity index (χ0v) is 19.9. The largest absolute Gasteiger partial charge is 0.140 e. The number of benzene rings is 1. The third kappa shape index (κ3) is 3.78. The molecule has 0 N–H and O–H groups in total. The van der Waals surface area contributed by atoms with Crippen molar-refractivity contribution in [3.05, 3.63) is 65.1 Å². The van der Waals surface area contributed by atoms with Crippen LogP contribution in [0, 0.1) is 6.42 Å². The molecule has 0 saturated heterocycles. The molecule has 1 aliphatic rings. The van der Waals surface area contributed by atoms with Gasteiger partial charge in [-0.25, -0.2) is 0 Å². The van der Waals surface area contributed by atoms with E-state index < -0.39 is 0 Å². The first kappa shape index (κ1) is 14.6. The van der Waals surface area contributed by atoms with Gasteiger partial charge in [0.25, 0.3) is 0 Å². The van der Waals surface area contributed by atoms with Gasteiger partial charge in [-0.1, -0.05) is 61.5 Å². The van der Waals surface area contributed by atoms with E-state index >= 15 is 0 Å². The number of halogens is 2. The maximum absolute atomic E-state index is 3.53. The number of rotatable bonds is 4. The van der Waals surface area contributed by atoms with Gasteiger partial charge in [-0.2, -0.15) is 0 Å². The predicted molar refractivity (Wildman–Crippen MR) is 81.7 cm³/mol. The number of hydrogen-bond acceptors (Lipinski definition) is 0. The normalized spacial score (nSPS) is 14.3. The molecular formula is C15H15Br2Rf-. The van der Waals surface area contributed by atoms with Crippen molar-refractivity contribution in [2.45, 2.75) is 18.2 Å². The van der Waals surface area contributed by atoms with E-state index in [1.165, 1.54) is 28.7 Å². The smallest absolute Gasteiger partial charge is 0.0213 e. The van der Waals surface area contributed by atoms with Gasteiger partial charge in [-0.3, -0.25) is 0 Å². The molecule has 0 bridgehead atoms. The fourth-order valence-corrected chi connectivity index (χ4v) is 2.75. The van der Waals surface area contributed by atoms with Crippen LogP contribution in [0.4, 0.5) is 0 Å². The SMILES string of the molecule is BrCC1=CC([CH-]c2cccc(CBr)c2)=CCC1.[Rf]. The Morgan fingerprint density at radius 3 is 2.72 bits per heavy atom. The van der Waals surface area contributed by atoms with Crippen LogP contribution in [0.2, 0.25) is 0 Å². The molecule has 0 nitrogen and oxygen atoms in total. The fraction of sp³-hybridized carbons (Fsp3) is 0.267.